The lowest BCUT2D eigenvalue weighted by Gasteiger charge is -2.14. The molecule has 0 saturated carbocycles. The second-order valence-corrected chi connectivity index (χ2v) is 5.88. The zero-order valence-electron chi connectivity index (χ0n) is 13.9. The van der Waals surface area contributed by atoms with E-state index in [1.165, 1.54) is 4.90 Å². The molecule has 0 fully saturated rings. The smallest absolute Gasteiger partial charge is 0.299 e. The maximum atomic E-state index is 12.4. The Labute approximate surface area is 150 Å². The largest absolute Gasteiger partial charge is 0.301 e. The van der Waals surface area contributed by atoms with Gasteiger partial charge in [0.2, 0.25) is 0 Å². The summed E-state index contributed by atoms with van der Waals surface area (Å²) in [6.07, 6.45) is 8.80. The van der Waals surface area contributed by atoms with Crippen molar-refractivity contribution in [1.82, 2.24) is 9.97 Å². The molecule has 2 aromatic heterocycles. The molecule has 3 aromatic rings. The van der Waals surface area contributed by atoms with Crippen LogP contribution in [0.5, 0.6) is 0 Å². The number of carbonyl (C=O) groups excluding carboxylic acids is 2. The number of carbonyl (C=O) groups is 2. The minimum atomic E-state index is -0.506. The Kier molecular flexibility index (Phi) is 4.11. The Balaban J connectivity index is 1.61. The Morgan fingerprint density at radius 1 is 0.962 bits per heavy atom. The third-order valence-corrected chi connectivity index (χ3v) is 4.23. The third-order valence-electron chi connectivity index (χ3n) is 4.23. The molecule has 1 aliphatic rings. The van der Waals surface area contributed by atoms with Gasteiger partial charge >= 0.3 is 0 Å². The summed E-state index contributed by atoms with van der Waals surface area (Å²) in [6, 6.07) is 14.8. The Morgan fingerprint density at radius 2 is 1.88 bits per heavy atom. The molecule has 0 spiro atoms. The van der Waals surface area contributed by atoms with Gasteiger partial charge in [-0.2, -0.15) is 0 Å². The molecule has 1 amide bonds. The number of benzene rings is 1. The second kappa shape index (κ2) is 6.72. The van der Waals surface area contributed by atoms with E-state index in [-0.39, 0.29) is 0 Å². The zero-order chi connectivity index (χ0) is 17.9. The molecule has 0 aliphatic carbocycles. The lowest BCUT2D eigenvalue weighted by atomic mass is 10.0. The van der Waals surface area contributed by atoms with Gasteiger partial charge in [0.25, 0.3) is 11.7 Å². The van der Waals surface area contributed by atoms with E-state index in [0.717, 1.165) is 16.8 Å². The summed E-state index contributed by atoms with van der Waals surface area (Å²) < 4.78 is 0. The molecule has 0 saturated heterocycles. The number of Topliss-reactive ketones (excluding diaryl/α,β-unsaturated/α-hetero) is 1. The highest BCUT2D eigenvalue weighted by Crippen LogP contribution is 2.32. The first-order valence-corrected chi connectivity index (χ1v) is 8.22. The molecular formula is C21H15N3O2. The van der Waals surface area contributed by atoms with E-state index in [9.17, 15) is 9.59 Å². The fourth-order valence-corrected chi connectivity index (χ4v) is 2.95. The van der Waals surface area contributed by atoms with Crippen LogP contribution in [-0.4, -0.2) is 28.2 Å². The number of nitrogens with zero attached hydrogens (tertiary/aromatic N) is 3. The highest BCUT2D eigenvalue weighted by Gasteiger charge is 2.35. The van der Waals surface area contributed by atoms with Gasteiger partial charge in [0.1, 0.15) is 0 Å². The van der Waals surface area contributed by atoms with Gasteiger partial charge in [-0.15, -0.1) is 0 Å². The highest BCUT2D eigenvalue weighted by atomic mass is 16.2. The van der Waals surface area contributed by atoms with Gasteiger partial charge in [-0.05, 0) is 42.0 Å². The van der Waals surface area contributed by atoms with Crippen molar-refractivity contribution >= 4 is 23.5 Å². The van der Waals surface area contributed by atoms with Crippen LogP contribution in [0.1, 0.15) is 16.1 Å². The van der Waals surface area contributed by atoms with Crippen LogP contribution in [0.3, 0.4) is 0 Å². The van der Waals surface area contributed by atoms with Crippen molar-refractivity contribution in [3.8, 4) is 11.1 Å². The fraction of sp³-hybridized carbons (Fsp3) is 0.0476. The number of amides is 1. The molecule has 0 atom stereocenters. The summed E-state index contributed by atoms with van der Waals surface area (Å²) >= 11 is 0. The van der Waals surface area contributed by atoms with E-state index in [0.29, 0.717) is 17.8 Å². The lowest BCUT2D eigenvalue weighted by molar-refractivity contribution is -0.114. The van der Waals surface area contributed by atoms with Gasteiger partial charge in [-0.1, -0.05) is 24.3 Å². The van der Waals surface area contributed by atoms with Crippen LogP contribution in [-0.2, 0) is 4.79 Å². The predicted octanol–water partition coefficient (Wildman–Crippen LogP) is 3.39. The van der Waals surface area contributed by atoms with Gasteiger partial charge < -0.3 is 4.90 Å². The molecule has 26 heavy (non-hydrogen) atoms. The molecule has 5 nitrogen and oxygen atoms in total. The number of pyridine rings is 2. The number of ketones is 1. The molecule has 4 rings (SSSR count). The Hall–Kier alpha value is -3.60. The normalized spacial score (nSPS) is 13.5. The Morgan fingerprint density at radius 3 is 2.65 bits per heavy atom. The molecule has 126 valence electrons. The Bertz CT molecular complexity index is 998. The first kappa shape index (κ1) is 15.9. The highest BCUT2D eigenvalue weighted by molar-refractivity contribution is 6.52. The first-order valence-electron chi connectivity index (χ1n) is 8.22. The van der Waals surface area contributed by atoms with Crippen molar-refractivity contribution in [2.75, 3.05) is 11.4 Å². The fourth-order valence-electron chi connectivity index (χ4n) is 2.95. The number of rotatable bonds is 4. The maximum Gasteiger partial charge on any atom is 0.299 e. The van der Waals surface area contributed by atoms with Crippen molar-refractivity contribution in [2.24, 2.45) is 0 Å². The summed E-state index contributed by atoms with van der Waals surface area (Å²) in [5.74, 6) is -0.981. The van der Waals surface area contributed by atoms with Crippen LogP contribution in [0.25, 0.3) is 17.2 Å². The second-order valence-electron chi connectivity index (χ2n) is 5.88. The third kappa shape index (κ3) is 2.91. The van der Waals surface area contributed by atoms with Crippen LogP contribution in [0.4, 0.5) is 5.69 Å². The summed E-state index contributed by atoms with van der Waals surface area (Å²) in [5.41, 5.74) is 3.64. The monoisotopic (exact) mass is 341 g/mol. The zero-order valence-corrected chi connectivity index (χ0v) is 13.9. The average Bonchev–Trinajstić information content (AvgIpc) is 2.94. The molecule has 1 aromatic carbocycles. The first-order chi connectivity index (χ1) is 12.7. The minimum Gasteiger partial charge on any atom is -0.301 e. The molecular weight excluding hydrogens is 326 g/mol. The van der Waals surface area contributed by atoms with Crippen molar-refractivity contribution in [2.45, 2.75) is 0 Å². The van der Waals surface area contributed by atoms with Gasteiger partial charge in [0, 0.05) is 30.7 Å². The van der Waals surface area contributed by atoms with Crippen LogP contribution >= 0.6 is 0 Å². The molecule has 0 radical (unpaired) electrons. The number of fused-ring (bicyclic) bond motifs is 1. The van der Waals surface area contributed by atoms with Crippen molar-refractivity contribution in [3.63, 3.8) is 0 Å². The van der Waals surface area contributed by atoms with E-state index in [1.807, 2.05) is 54.6 Å². The number of hydrogen-bond acceptors (Lipinski definition) is 4. The molecule has 0 unspecified atom stereocenters. The number of aromatic nitrogens is 2. The van der Waals surface area contributed by atoms with Crippen LogP contribution < -0.4 is 4.90 Å². The minimum absolute atomic E-state index is 0.320. The van der Waals surface area contributed by atoms with E-state index in [2.05, 4.69) is 9.97 Å². The van der Waals surface area contributed by atoms with Crippen molar-refractivity contribution < 1.29 is 9.59 Å². The van der Waals surface area contributed by atoms with Gasteiger partial charge in [-0.3, -0.25) is 19.6 Å². The van der Waals surface area contributed by atoms with E-state index in [1.54, 1.807) is 24.7 Å². The van der Waals surface area contributed by atoms with Crippen LogP contribution in [0, 0.1) is 0 Å². The lowest BCUT2D eigenvalue weighted by Crippen LogP contribution is -2.29. The van der Waals surface area contributed by atoms with Crippen molar-refractivity contribution in [3.05, 3.63) is 84.5 Å². The SMILES string of the molecule is O=C1C(=O)N(CC=Cc2ccccn2)c2ccc(-c3cccnc3)cc21. The molecule has 0 bridgehead atoms. The number of anilines is 1. The summed E-state index contributed by atoms with van der Waals surface area (Å²) in [7, 11) is 0. The average molecular weight is 341 g/mol. The van der Waals surface area contributed by atoms with Crippen LogP contribution in [0.2, 0.25) is 0 Å². The molecule has 3 heterocycles. The van der Waals surface area contributed by atoms with Crippen molar-refractivity contribution in [1.29, 1.82) is 0 Å². The van der Waals surface area contributed by atoms with E-state index < -0.39 is 11.7 Å². The quantitative estimate of drug-likeness (QED) is 0.683. The summed E-state index contributed by atoms with van der Waals surface area (Å²) in [5, 5.41) is 0. The molecule has 5 heteroatoms. The topological polar surface area (TPSA) is 63.2 Å². The number of hydrogen-bond donors (Lipinski definition) is 0. The van der Waals surface area contributed by atoms with Gasteiger partial charge in [0.05, 0.1) is 16.9 Å². The van der Waals surface area contributed by atoms with E-state index >= 15 is 0 Å². The van der Waals surface area contributed by atoms with Gasteiger partial charge in [-0.25, -0.2) is 0 Å². The predicted molar refractivity (Wildman–Crippen MR) is 99.6 cm³/mol. The summed E-state index contributed by atoms with van der Waals surface area (Å²) in [4.78, 5) is 34.5. The summed E-state index contributed by atoms with van der Waals surface area (Å²) in [6.45, 7) is 0.320. The molecule has 1 aliphatic heterocycles. The van der Waals surface area contributed by atoms with Crippen LogP contribution in [0.15, 0.2) is 73.2 Å². The maximum absolute atomic E-state index is 12.4. The molecule has 0 N–H and O–H groups in total. The van der Waals surface area contributed by atoms with Gasteiger partial charge in [0.15, 0.2) is 0 Å². The standard InChI is InChI=1S/C21H15N3O2/c25-20-18-13-15(16-5-3-10-22-14-16)8-9-19(18)24(21(20)26)12-4-7-17-6-1-2-11-23-17/h1-11,13-14H,12H2. The van der Waals surface area contributed by atoms with E-state index in [4.69, 9.17) is 0 Å².